The number of nitrogens with zero attached hydrogens (tertiary/aromatic N) is 1. The smallest absolute Gasteiger partial charge is 0.123 e. The molecule has 4 atom stereocenters. The monoisotopic (exact) mass is 274 g/mol. The highest BCUT2D eigenvalue weighted by atomic mass is 16.5. The van der Waals surface area contributed by atoms with Gasteiger partial charge in [-0.25, -0.2) is 0 Å². The number of nitrogens with two attached hydrogens (primary N) is 1. The SMILES string of the molecule is CN(C)C1C2CCC(C2)C1Oc1ccccc1CCN. The Balaban J connectivity index is 1.80. The first-order chi connectivity index (χ1) is 9.70. The lowest BCUT2D eigenvalue weighted by atomic mass is 9.91. The molecule has 0 aliphatic heterocycles. The zero-order valence-electron chi connectivity index (χ0n) is 12.6. The minimum atomic E-state index is 0.350. The fourth-order valence-electron chi connectivity index (χ4n) is 4.22. The van der Waals surface area contributed by atoms with Gasteiger partial charge in [-0.1, -0.05) is 18.2 Å². The van der Waals surface area contributed by atoms with Crippen LogP contribution in [0, 0.1) is 11.8 Å². The van der Waals surface area contributed by atoms with Crippen molar-refractivity contribution < 1.29 is 4.74 Å². The van der Waals surface area contributed by atoms with Crippen molar-refractivity contribution in [2.24, 2.45) is 17.6 Å². The van der Waals surface area contributed by atoms with Crippen molar-refractivity contribution in [2.45, 2.75) is 37.8 Å². The molecule has 0 radical (unpaired) electrons. The van der Waals surface area contributed by atoms with E-state index in [-0.39, 0.29) is 0 Å². The molecule has 0 amide bonds. The van der Waals surface area contributed by atoms with E-state index >= 15 is 0 Å². The van der Waals surface area contributed by atoms with E-state index in [0.29, 0.717) is 18.7 Å². The van der Waals surface area contributed by atoms with Gasteiger partial charge in [0.05, 0.1) is 0 Å². The molecule has 3 heteroatoms. The maximum Gasteiger partial charge on any atom is 0.123 e. The summed E-state index contributed by atoms with van der Waals surface area (Å²) in [5, 5.41) is 0. The minimum Gasteiger partial charge on any atom is -0.488 e. The number of likely N-dealkylation sites (N-methyl/N-ethyl adjacent to an activating group) is 1. The number of para-hydroxylation sites is 1. The summed E-state index contributed by atoms with van der Waals surface area (Å²) in [7, 11) is 4.38. The first-order valence-electron chi connectivity index (χ1n) is 7.81. The molecule has 0 heterocycles. The molecule has 1 aromatic carbocycles. The van der Waals surface area contributed by atoms with Crippen LogP contribution in [0.2, 0.25) is 0 Å². The van der Waals surface area contributed by atoms with E-state index in [4.69, 9.17) is 10.5 Å². The largest absolute Gasteiger partial charge is 0.488 e. The maximum atomic E-state index is 6.47. The number of rotatable bonds is 5. The van der Waals surface area contributed by atoms with Crippen LogP contribution in [0.4, 0.5) is 0 Å². The van der Waals surface area contributed by atoms with Crippen LogP contribution >= 0.6 is 0 Å². The molecule has 2 aliphatic carbocycles. The van der Waals surface area contributed by atoms with Gasteiger partial charge in [-0.3, -0.25) is 0 Å². The molecule has 2 fully saturated rings. The Bertz CT molecular complexity index is 460. The Labute approximate surface area is 122 Å². The third-order valence-electron chi connectivity index (χ3n) is 5.04. The Morgan fingerprint density at radius 2 is 1.95 bits per heavy atom. The zero-order valence-corrected chi connectivity index (χ0v) is 12.6. The number of benzene rings is 1. The van der Waals surface area contributed by atoms with Crippen LogP contribution in [0.5, 0.6) is 5.75 Å². The predicted octanol–water partition coefficient (Wildman–Crippen LogP) is 2.30. The van der Waals surface area contributed by atoms with Gasteiger partial charge in [-0.2, -0.15) is 0 Å². The van der Waals surface area contributed by atoms with Crippen LogP contribution in [0.3, 0.4) is 0 Å². The second-order valence-corrected chi connectivity index (χ2v) is 6.52. The molecular formula is C17H26N2O. The van der Waals surface area contributed by atoms with Crippen molar-refractivity contribution >= 4 is 0 Å². The molecule has 0 spiro atoms. The van der Waals surface area contributed by atoms with Crippen LogP contribution in [0.1, 0.15) is 24.8 Å². The normalized spacial score (nSPS) is 32.0. The van der Waals surface area contributed by atoms with E-state index in [0.717, 1.165) is 24.0 Å². The Kier molecular flexibility index (Phi) is 3.99. The summed E-state index contributed by atoms with van der Waals surface area (Å²) in [5.41, 5.74) is 6.96. The van der Waals surface area contributed by atoms with Crippen molar-refractivity contribution in [3.63, 3.8) is 0 Å². The minimum absolute atomic E-state index is 0.350. The van der Waals surface area contributed by atoms with Gasteiger partial charge in [-0.05, 0) is 69.8 Å². The lowest BCUT2D eigenvalue weighted by molar-refractivity contribution is 0.0531. The molecule has 20 heavy (non-hydrogen) atoms. The molecule has 4 unspecified atom stereocenters. The van der Waals surface area contributed by atoms with Gasteiger partial charge in [0.25, 0.3) is 0 Å². The number of ether oxygens (including phenoxy) is 1. The van der Waals surface area contributed by atoms with Crippen LogP contribution in [-0.4, -0.2) is 37.7 Å². The van der Waals surface area contributed by atoms with E-state index in [2.05, 4.69) is 43.3 Å². The standard InChI is InChI=1S/C17H26N2O/c1-19(2)16-13-7-8-14(11-13)17(16)20-15-6-4-3-5-12(15)9-10-18/h3-6,13-14,16-17H,7-11,18H2,1-2H3. The summed E-state index contributed by atoms with van der Waals surface area (Å²) in [6, 6.07) is 8.94. The Hall–Kier alpha value is -1.06. The Morgan fingerprint density at radius 3 is 2.70 bits per heavy atom. The van der Waals surface area contributed by atoms with Gasteiger partial charge in [0.1, 0.15) is 11.9 Å². The fraction of sp³-hybridized carbons (Fsp3) is 0.647. The summed E-state index contributed by atoms with van der Waals surface area (Å²) < 4.78 is 6.47. The predicted molar refractivity (Wildman–Crippen MR) is 81.9 cm³/mol. The van der Waals surface area contributed by atoms with Gasteiger partial charge in [0, 0.05) is 6.04 Å². The summed E-state index contributed by atoms with van der Waals surface area (Å²) in [5.74, 6) is 2.60. The van der Waals surface area contributed by atoms with Crippen molar-refractivity contribution in [3.05, 3.63) is 29.8 Å². The quantitative estimate of drug-likeness (QED) is 0.895. The second-order valence-electron chi connectivity index (χ2n) is 6.52. The maximum absolute atomic E-state index is 6.47. The molecule has 0 saturated heterocycles. The van der Waals surface area contributed by atoms with Crippen LogP contribution in [-0.2, 0) is 6.42 Å². The summed E-state index contributed by atoms with van der Waals surface area (Å²) in [6.07, 6.45) is 5.29. The summed E-state index contributed by atoms with van der Waals surface area (Å²) in [6.45, 7) is 0.675. The van der Waals surface area contributed by atoms with Crippen molar-refractivity contribution in [2.75, 3.05) is 20.6 Å². The highest BCUT2D eigenvalue weighted by Gasteiger charge is 2.50. The lowest BCUT2D eigenvalue weighted by Crippen LogP contribution is -2.46. The van der Waals surface area contributed by atoms with Crippen molar-refractivity contribution in [1.82, 2.24) is 4.90 Å². The number of hydrogen-bond acceptors (Lipinski definition) is 3. The van der Waals surface area contributed by atoms with E-state index in [1.807, 2.05) is 0 Å². The van der Waals surface area contributed by atoms with Crippen molar-refractivity contribution in [1.29, 1.82) is 0 Å². The molecule has 2 saturated carbocycles. The van der Waals surface area contributed by atoms with Crippen LogP contribution in [0.15, 0.2) is 24.3 Å². The molecule has 2 N–H and O–H groups in total. The summed E-state index contributed by atoms with van der Waals surface area (Å²) >= 11 is 0. The van der Waals surface area contributed by atoms with Crippen LogP contribution < -0.4 is 10.5 Å². The van der Waals surface area contributed by atoms with Gasteiger partial charge in [0.15, 0.2) is 0 Å². The fourth-order valence-corrected chi connectivity index (χ4v) is 4.22. The van der Waals surface area contributed by atoms with Crippen molar-refractivity contribution in [3.8, 4) is 5.75 Å². The van der Waals surface area contributed by atoms with E-state index in [1.165, 1.54) is 24.8 Å². The average molecular weight is 274 g/mol. The van der Waals surface area contributed by atoms with E-state index < -0.39 is 0 Å². The third-order valence-corrected chi connectivity index (χ3v) is 5.04. The molecular weight excluding hydrogens is 248 g/mol. The first-order valence-corrected chi connectivity index (χ1v) is 7.81. The van der Waals surface area contributed by atoms with E-state index in [9.17, 15) is 0 Å². The molecule has 3 rings (SSSR count). The van der Waals surface area contributed by atoms with Gasteiger partial charge >= 0.3 is 0 Å². The van der Waals surface area contributed by atoms with Crippen LogP contribution in [0.25, 0.3) is 0 Å². The summed E-state index contributed by atoms with van der Waals surface area (Å²) in [4.78, 5) is 2.36. The zero-order chi connectivity index (χ0) is 14.1. The van der Waals surface area contributed by atoms with Gasteiger partial charge in [-0.15, -0.1) is 0 Å². The molecule has 2 aliphatic rings. The molecule has 110 valence electrons. The lowest BCUT2D eigenvalue weighted by Gasteiger charge is -2.36. The third kappa shape index (κ3) is 2.45. The van der Waals surface area contributed by atoms with Gasteiger partial charge in [0.2, 0.25) is 0 Å². The second kappa shape index (κ2) is 5.74. The molecule has 2 bridgehead atoms. The highest BCUT2D eigenvalue weighted by molar-refractivity contribution is 5.34. The van der Waals surface area contributed by atoms with Gasteiger partial charge < -0.3 is 15.4 Å². The topological polar surface area (TPSA) is 38.5 Å². The first kappa shape index (κ1) is 13.9. The average Bonchev–Trinajstić information content (AvgIpc) is 3.02. The number of fused-ring (bicyclic) bond motifs is 2. The van der Waals surface area contributed by atoms with E-state index in [1.54, 1.807) is 0 Å². The number of hydrogen-bond donors (Lipinski definition) is 1. The molecule has 1 aromatic rings. The Morgan fingerprint density at radius 1 is 1.20 bits per heavy atom. The molecule has 0 aromatic heterocycles. The molecule has 3 nitrogen and oxygen atoms in total. The highest BCUT2D eigenvalue weighted by Crippen LogP contribution is 2.48.